The van der Waals surface area contributed by atoms with Gasteiger partial charge in [-0.25, -0.2) is 13.6 Å². The van der Waals surface area contributed by atoms with Gasteiger partial charge in [0.2, 0.25) is 10.0 Å². The van der Waals surface area contributed by atoms with Gasteiger partial charge in [0.05, 0.1) is 5.75 Å². The molecule has 14 heavy (non-hydrogen) atoms. The molecule has 0 saturated carbocycles. The number of anilines is 1. The van der Waals surface area contributed by atoms with Crippen molar-refractivity contribution in [1.29, 1.82) is 0 Å². The number of primary sulfonamides is 1. The van der Waals surface area contributed by atoms with Crippen LogP contribution < -0.4 is 10.9 Å². The quantitative estimate of drug-likeness (QED) is 0.725. The summed E-state index contributed by atoms with van der Waals surface area (Å²) in [5.74, 6) is -0.151. The van der Waals surface area contributed by atoms with Crippen LogP contribution in [0.2, 0.25) is 0 Å². The van der Waals surface area contributed by atoms with E-state index in [2.05, 4.69) is 0 Å². The monoisotopic (exact) mass is 214 g/mol. The maximum atomic E-state index is 10.8. The minimum Gasteiger partial charge on any atom is -0.399 e. The van der Waals surface area contributed by atoms with E-state index in [9.17, 15) is 8.42 Å². The van der Waals surface area contributed by atoms with E-state index in [0.717, 1.165) is 5.56 Å². The number of hydrogen-bond donors (Lipinski definition) is 2. The fourth-order valence-corrected chi connectivity index (χ4v) is 2.16. The standard InChI is InChI=1S/C9H14N2O2S/c1-7(6-14(11,12)13)8-2-4-9(10)5-3-8/h2-5,7H,6,10H2,1H3,(H2,11,12,13). The molecule has 1 aromatic carbocycles. The van der Waals surface area contributed by atoms with Gasteiger partial charge in [-0.05, 0) is 23.6 Å². The molecule has 5 heteroatoms. The van der Waals surface area contributed by atoms with Gasteiger partial charge < -0.3 is 5.73 Å². The van der Waals surface area contributed by atoms with Crippen LogP contribution in [0.5, 0.6) is 0 Å². The van der Waals surface area contributed by atoms with Crippen LogP contribution >= 0.6 is 0 Å². The van der Waals surface area contributed by atoms with Gasteiger partial charge >= 0.3 is 0 Å². The molecule has 0 spiro atoms. The summed E-state index contributed by atoms with van der Waals surface area (Å²) in [6, 6.07) is 7.11. The molecule has 0 aliphatic rings. The van der Waals surface area contributed by atoms with Crippen LogP contribution in [0.1, 0.15) is 18.4 Å². The Morgan fingerprint density at radius 3 is 2.21 bits per heavy atom. The fourth-order valence-electron chi connectivity index (χ4n) is 1.27. The first kappa shape index (κ1) is 11.0. The fraction of sp³-hybridized carbons (Fsp3) is 0.333. The van der Waals surface area contributed by atoms with Crippen molar-refractivity contribution in [2.75, 3.05) is 11.5 Å². The Hall–Kier alpha value is -1.07. The van der Waals surface area contributed by atoms with Crippen molar-refractivity contribution >= 4 is 15.7 Å². The highest BCUT2D eigenvalue weighted by atomic mass is 32.2. The summed E-state index contributed by atoms with van der Waals surface area (Å²) >= 11 is 0. The largest absolute Gasteiger partial charge is 0.399 e. The lowest BCUT2D eigenvalue weighted by Gasteiger charge is -2.10. The Bertz CT molecular complexity index is 397. The molecule has 0 amide bonds. The second-order valence-corrected chi connectivity index (χ2v) is 5.06. The van der Waals surface area contributed by atoms with E-state index in [-0.39, 0.29) is 11.7 Å². The molecule has 0 aromatic heterocycles. The van der Waals surface area contributed by atoms with Gasteiger partial charge in [-0.1, -0.05) is 19.1 Å². The van der Waals surface area contributed by atoms with Crippen molar-refractivity contribution in [3.63, 3.8) is 0 Å². The number of nitrogens with two attached hydrogens (primary N) is 2. The molecule has 0 radical (unpaired) electrons. The zero-order valence-corrected chi connectivity index (χ0v) is 8.79. The molecular formula is C9H14N2O2S. The minimum atomic E-state index is -3.41. The maximum absolute atomic E-state index is 10.8. The third-order valence-electron chi connectivity index (χ3n) is 1.99. The first-order valence-electron chi connectivity index (χ1n) is 4.24. The molecule has 0 fully saturated rings. The van der Waals surface area contributed by atoms with Crippen LogP contribution in [0.15, 0.2) is 24.3 Å². The predicted molar refractivity (Wildman–Crippen MR) is 57.2 cm³/mol. The average Bonchev–Trinajstić information content (AvgIpc) is 2.02. The van der Waals surface area contributed by atoms with Gasteiger partial charge in [-0.2, -0.15) is 0 Å². The zero-order chi connectivity index (χ0) is 10.8. The Morgan fingerprint density at radius 1 is 1.29 bits per heavy atom. The summed E-state index contributed by atoms with van der Waals surface area (Å²) < 4.78 is 21.7. The van der Waals surface area contributed by atoms with Crippen molar-refractivity contribution < 1.29 is 8.42 Å². The molecule has 1 unspecified atom stereocenters. The van der Waals surface area contributed by atoms with Crippen molar-refractivity contribution in [1.82, 2.24) is 0 Å². The lowest BCUT2D eigenvalue weighted by atomic mass is 10.0. The van der Waals surface area contributed by atoms with Crippen molar-refractivity contribution in [2.45, 2.75) is 12.8 Å². The Labute approximate surface area is 84.0 Å². The highest BCUT2D eigenvalue weighted by Gasteiger charge is 2.12. The topological polar surface area (TPSA) is 86.2 Å². The van der Waals surface area contributed by atoms with E-state index < -0.39 is 10.0 Å². The van der Waals surface area contributed by atoms with E-state index in [1.165, 1.54) is 0 Å². The van der Waals surface area contributed by atoms with Crippen molar-refractivity contribution in [3.8, 4) is 0 Å². The van der Waals surface area contributed by atoms with Crippen LogP contribution in [0.4, 0.5) is 5.69 Å². The van der Waals surface area contributed by atoms with E-state index in [0.29, 0.717) is 5.69 Å². The molecule has 1 atom stereocenters. The van der Waals surface area contributed by atoms with Gasteiger partial charge in [0.15, 0.2) is 0 Å². The Balaban J connectivity index is 2.80. The molecule has 0 saturated heterocycles. The van der Waals surface area contributed by atoms with E-state index in [1.54, 1.807) is 12.1 Å². The SMILES string of the molecule is CC(CS(N)(=O)=O)c1ccc(N)cc1. The van der Waals surface area contributed by atoms with Gasteiger partial charge in [-0.15, -0.1) is 0 Å². The predicted octanol–water partition coefficient (Wildman–Crippen LogP) is 0.661. The van der Waals surface area contributed by atoms with E-state index in [1.807, 2.05) is 19.1 Å². The molecule has 4 nitrogen and oxygen atoms in total. The molecule has 0 heterocycles. The average molecular weight is 214 g/mol. The van der Waals surface area contributed by atoms with E-state index in [4.69, 9.17) is 10.9 Å². The molecule has 1 rings (SSSR count). The third kappa shape index (κ3) is 3.35. The second-order valence-electron chi connectivity index (χ2n) is 3.40. The van der Waals surface area contributed by atoms with Crippen LogP contribution in [-0.2, 0) is 10.0 Å². The van der Waals surface area contributed by atoms with Gasteiger partial charge in [0.25, 0.3) is 0 Å². The minimum absolute atomic E-state index is 0.0447. The number of rotatable bonds is 3. The van der Waals surface area contributed by atoms with Gasteiger partial charge in [-0.3, -0.25) is 0 Å². The third-order valence-corrected chi connectivity index (χ3v) is 2.95. The number of nitrogen functional groups attached to an aromatic ring is 1. The summed E-state index contributed by atoms with van der Waals surface area (Å²) in [6.07, 6.45) is 0. The molecule has 0 aliphatic carbocycles. The van der Waals surface area contributed by atoms with Crippen molar-refractivity contribution in [3.05, 3.63) is 29.8 Å². The molecular weight excluding hydrogens is 200 g/mol. The molecule has 0 aliphatic heterocycles. The Morgan fingerprint density at radius 2 is 1.79 bits per heavy atom. The summed E-state index contributed by atoms with van der Waals surface area (Å²) in [5.41, 5.74) is 7.10. The molecule has 1 aromatic rings. The number of hydrogen-bond acceptors (Lipinski definition) is 3. The summed E-state index contributed by atoms with van der Waals surface area (Å²) in [7, 11) is -3.41. The zero-order valence-electron chi connectivity index (χ0n) is 7.97. The van der Waals surface area contributed by atoms with Crippen molar-refractivity contribution in [2.24, 2.45) is 5.14 Å². The Kier molecular flexibility index (Phi) is 3.13. The highest BCUT2D eigenvalue weighted by molar-refractivity contribution is 7.89. The summed E-state index contributed by atoms with van der Waals surface area (Å²) in [6.45, 7) is 1.82. The van der Waals surface area contributed by atoms with Crippen LogP contribution in [0.3, 0.4) is 0 Å². The summed E-state index contributed by atoms with van der Waals surface area (Å²) in [4.78, 5) is 0. The first-order valence-corrected chi connectivity index (χ1v) is 5.96. The maximum Gasteiger partial charge on any atom is 0.209 e. The second kappa shape index (κ2) is 3.98. The van der Waals surface area contributed by atoms with Gasteiger partial charge in [0.1, 0.15) is 0 Å². The number of benzene rings is 1. The smallest absolute Gasteiger partial charge is 0.209 e. The van der Waals surface area contributed by atoms with Crippen LogP contribution in [0.25, 0.3) is 0 Å². The lowest BCUT2D eigenvalue weighted by Crippen LogP contribution is -2.20. The molecule has 4 N–H and O–H groups in total. The van der Waals surface area contributed by atoms with Crippen LogP contribution in [-0.4, -0.2) is 14.2 Å². The normalized spacial score (nSPS) is 13.9. The number of sulfonamides is 1. The molecule has 78 valence electrons. The van der Waals surface area contributed by atoms with Crippen LogP contribution in [0, 0.1) is 0 Å². The first-order chi connectivity index (χ1) is 6.38. The molecule has 0 bridgehead atoms. The van der Waals surface area contributed by atoms with Gasteiger partial charge in [0, 0.05) is 5.69 Å². The van der Waals surface area contributed by atoms with E-state index >= 15 is 0 Å². The highest BCUT2D eigenvalue weighted by Crippen LogP contribution is 2.17. The lowest BCUT2D eigenvalue weighted by molar-refractivity contribution is 0.592. The summed E-state index contributed by atoms with van der Waals surface area (Å²) in [5, 5.41) is 4.95.